The van der Waals surface area contributed by atoms with Gasteiger partial charge in [0.1, 0.15) is 12.1 Å². The van der Waals surface area contributed by atoms with Crippen LogP contribution in [0.5, 0.6) is 0 Å². The number of rotatable bonds is 5. The Labute approximate surface area is 201 Å². The number of carbonyl (C=O) groups is 3. The van der Waals surface area contributed by atoms with E-state index in [4.69, 9.17) is 0 Å². The largest absolute Gasteiger partial charge is 0.416 e. The lowest BCUT2D eigenvalue weighted by Gasteiger charge is -2.31. The molecular weight excluding hydrogens is 461 g/mol. The molecule has 0 saturated carbocycles. The molecule has 186 valence electrons. The van der Waals surface area contributed by atoms with E-state index in [1.165, 1.54) is 6.07 Å². The SMILES string of the molecule is Cc1ccc(C2(C)NC(=O)N(CC(=O)Nc3cc(C(F)(F)F)ccc3N3CCCCC3)C2=O)cc1. The van der Waals surface area contributed by atoms with Crippen LogP contribution < -0.4 is 15.5 Å². The number of piperidine rings is 1. The molecule has 0 aliphatic carbocycles. The maximum atomic E-state index is 13.3. The van der Waals surface area contributed by atoms with Gasteiger partial charge in [0.2, 0.25) is 5.91 Å². The first-order valence-electron chi connectivity index (χ1n) is 11.5. The van der Waals surface area contributed by atoms with Crippen LogP contribution >= 0.6 is 0 Å². The molecule has 1 unspecified atom stereocenters. The minimum Gasteiger partial charge on any atom is -0.370 e. The Morgan fingerprint density at radius 3 is 2.34 bits per heavy atom. The van der Waals surface area contributed by atoms with Crippen molar-refractivity contribution in [3.63, 3.8) is 0 Å². The van der Waals surface area contributed by atoms with Crippen molar-refractivity contribution < 1.29 is 27.6 Å². The van der Waals surface area contributed by atoms with Crippen molar-refractivity contribution in [2.24, 2.45) is 0 Å². The highest BCUT2D eigenvalue weighted by Crippen LogP contribution is 2.36. The zero-order valence-electron chi connectivity index (χ0n) is 19.5. The predicted octanol–water partition coefficient (Wildman–Crippen LogP) is 4.41. The van der Waals surface area contributed by atoms with E-state index in [1.54, 1.807) is 19.1 Å². The fraction of sp³-hybridized carbons (Fsp3) is 0.400. The first kappa shape index (κ1) is 24.6. The molecule has 0 radical (unpaired) electrons. The van der Waals surface area contributed by atoms with Crippen LogP contribution in [0.4, 0.5) is 29.3 Å². The number of amides is 4. The van der Waals surface area contributed by atoms with Crippen LogP contribution in [0, 0.1) is 6.92 Å². The molecule has 0 aromatic heterocycles. The minimum atomic E-state index is -4.58. The highest BCUT2D eigenvalue weighted by Gasteiger charge is 2.49. The lowest BCUT2D eigenvalue weighted by atomic mass is 9.91. The van der Waals surface area contributed by atoms with Gasteiger partial charge in [0.15, 0.2) is 0 Å². The number of anilines is 2. The third-order valence-corrected chi connectivity index (χ3v) is 6.50. The van der Waals surface area contributed by atoms with Gasteiger partial charge in [-0.15, -0.1) is 0 Å². The number of aryl methyl sites for hydroxylation is 1. The van der Waals surface area contributed by atoms with Crippen LogP contribution in [-0.2, 0) is 21.3 Å². The van der Waals surface area contributed by atoms with E-state index in [9.17, 15) is 27.6 Å². The monoisotopic (exact) mass is 488 g/mol. The van der Waals surface area contributed by atoms with Gasteiger partial charge in [0, 0.05) is 13.1 Å². The molecule has 2 fully saturated rings. The van der Waals surface area contributed by atoms with Crippen molar-refractivity contribution in [2.75, 3.05) is 29.9 Å². The molecule has 0 bridgehead atoms. The normalized spacial score (nSPS) is 20.7. The quantitative estimate of drug-likeness (QED) is 0.611. The zero-order chi connectivity index (χ0) is 25.4. The molecule has 0 spiro atoms. The van der Waals surface area contributed by atoms with E-state index in [0.717, 1.165) is 41.9 Å². The summed E-state index contributed by atoms with van der Waals surface area (Å²) in [6, 6.07) is 9.57. The maximum Gasteiger partial charge on any atom is 0.416 e. The molecular formula is C25H27F3N4O3. The molecule has 1 atom stereocenters. The molecule has 2 aromatic rings. The van der Waals surface area contributed by atoms with Gasteiger partial charge < -0.3 is 15.5 Å². The Morgan fingerprint density at radius 1 is 1.06 bits per heavy atom. The second kappa shape index (κ2) is 9.24. The van der Waals surface area contributed by atoms with E-state index in [-0.39, 0.29) is 5.69 Å². The first-order valence-corrected chi connectivity index (χ1v) is 11.5. The molecule has 4 rings (SSSR count). The summed E-state index contributed by atoms with van der Waals surface area (Å²) in [5.41, 5.74) is -0.214. The smallest absolute Gasteiger partial charge is 0.370 e. The third-order valence-electron chi connectivity index (χ3n) is 6.50. The number of imide groups is 1. The average Bonchev–Trinajstić information content (AvgIpc) is 3.03. The first-order chi connectivity index (χ1) is 16.5. The molecule has 35 heavy (non-hydrogen) atoms. The molecule has 2 N–H and O–H groups in total. The maximum absolute atomic E-state index is 13.3. The highest BCUT2D eigenvalue weighted by molar-refractivity contribution is 6.10. The van der Waals surface area contributed by atoms with E-state index >= 15 is 0 Å². The van der Waals surface area contributed by atoms with Gasteiger partial charge in [-0.05, 0) is 56.9 Å². The Morgan fingerprint density at radius 2 is 1.71 bits per heavy atom. The second-order valence-corrected chi connectivity index (χ2v) is 9.14. The van der Waals surface area contributed by atoms with Gasteiger partial charge in [-0.1, -0.05) is 29.8 Å². The number of carbonyl (C=O) groups excluding carboxylic acids is 3. The summed E-state index contributed by atoms with van der Waals surface area (Å²) in [7, 11) is 0. The summed E-state index contributed by atoms with van der Waals surface area (Å²) in [4.78, 5) is 41.3. The lowest BCUT2D eigenvalue weighted by molar-refractivity contribution is -0.137. The van der Waals surface area contributed by atoms with Crippen molar-refractivity contribution in [1.29, 1.82) is 0 Å². The average molecular weight is 489 g/mol. The number of hydrogen-bond acceptors (Lipinski definition) is 4. The highest BCUT2D eigenvalue weighted by atomic mass is 19.4. The van der Waals surface area contributed by atoms with Gasteiger partial charge in [0.05, 0.1) is 16.9 Å². The summed E-state index contributed by atoms with van der Waals surface area (Å²) >= 11 is 0. The Balaban J connectivity index is 1.55. The summed E-state index contributed by atoms with van der Waals surface area (Å²) in [5, 5.41) is 5.14. The summed E-state index contributed by atoms with van der Waals surface area (Å²) in [5.74, 6) is -1.37. The molecule has 2 heterocycles. The Bertz CT molecular complexity index is 1140. The number of benzene rings is 2. The summed E-state index contributed by atoms with van der Waals surface area (Å²) in [6.45, 7) is 4.15. The van der Waals surface area contributed by atoms with Crippen LogP contribution in [-0.4, -0.2) is 42.4 Å². The summed E-state index contributed by atoms with van der Waals surface area (Å²) in [6.07, 6.45) is -1.76. The van der Waals surface area contributed by atoms with Gasteiger partial charge in [0.25, 0.3) is 5.91 Å². The van der Waals surface area contributed by atoms with Crippen molar-refractivity contribution in [2.45, 2.75) is 44.8 Å². The molecule has 2 aromatic carbocycles. The van der Waals surface area contributed by atoms with Gasteiger partial charge in [-0.3, -0.25) is 14.5 Å². The standard InChI is InChI=1S/C25H27F3N4O3/c1-16-6-8-17(9-7-16)24(2)22(34)32(23(35)30-24)15-21(33)29-19-14-18(25(26,27)28)10-11-20(19)31-12-4-3-5-13-31/h6-11,14H,3-5,12-13,15H2,1-2H3,(H,29,33)(H,30,35). The predicted molar refractivity (Wildman–Crippen MR) is 125 cm³/mol. The molecule has 10 heteroatoms. The minimum absolute atomic E-state index is 0.0000698. The van der Waals surface area contributed by atoms with Gasteiger partial charge in [-0.25, -0.2) is 4.79 Å². The summed E-state index contributed by atoms with van der Waals surface area (Å²) < 4.78 is 40.0. The molecule has 2 saturated heterocycles. The van der Waals surface area contributed by atoms with Crippen LogP contribution in [0.2, 0.25) is 0 Å². The number of nitrogens with zero attached hydrogens (tertiary/aromatic N) is 2. The van der Waals surface area contributed by atoms with Crippen LogP contribution in [0.1, 0.15) is 42.9 Å². The molecule has 2 aliphatic rings. The molecule has 7 nitrogen and oxygen atoms in total. The molecule has 4 amide bonds. The van der Waals surface area contributed by atoms with Crippen molar-refractivity contribution in [3.8, 4) is 0 Å². The zero-order valence-corrected chi connectivity index (χ0v) is 19.5. The number of hydrogen-bond donors (Lipinski definition) is 2. The fourth-order valence-electron chi connectivity index (χ4n) is 4.48. The third kappa shape index (κ3) is 4.96. The molecule has 2 aliphatic heterocycles. The lowest BCUT2D eigenvalue weighted by Crippen LogP contribution is -2.42. The van der Waals surface area contributed by atoms with Crippen LogP contribution in [0.3, 0.4) is 0 Å². The topological polar surface area (TPSA) is 81.8 Å². The number of halogens is 3. The number of urea groups is 1. The second-order valence-electron chi connectivity index (χ2n) is 9.14. The van der Waals surface area contributed by atoms with E-state index < -0.39 is 41.7 Å². The Kier molecular flexibility index (Phi) is 6.48. The van der Waals surface area contributed by atoms with Gasteiger partial charge in [-0.2, -0.15) is 13.2 Å². The fourth-order valence-corrected chi connectivity index (χ4v) is 4.48. The van der Waals surface area contributed by atoms with Crippen molar-refractivity contribution >= 4 is 29.2 Å². The van der Waals surface area contributed by atoms with E-state index in [2.05, 4.69) is 10.6 Å². The number of nitrogens with one attached hydrogen (secondary N) is 2. The van der Waals surface area contributed by atoms with Gasteiger partial charge >= 0.3 is 12.2 Å². The Hall–Kier alpha value is -3.56. The van der Waals surface area contributed by atoms with E-state index in [1.807, 2.05) is 24.0 Å². The van der Waals surface area contributed by atoms with Crippen LogP contribution in [0.25, 0.3) is 0 Å². The number of alkyl halides is 3. The van der Waals surface area contributed by atoms with E-state index in [0.29, 0.717) is 24.3 Å². The van der Waals surface area contributed by atoms with Crippen LogP contribution in [0.15, 0.2) is 42.5 Å². The van der Waals surface area contributed by atoms with Crippen molar-refractivity contribution in [3.05, 3.63) is 59.2 Å². The van der Waals surface area contributed by atoms with Crippen molar-refractivity contribution in [1.82, 2.24) is 10.2 Å².